The van der Waals surface area contributed by atoms with E-state index in [0.29, 0.717) is 0 Å². The third kappa shape index (κ3) is 1.76. The summed E-state index contributed by atoms with van der Waals surface area (Å²) in [6.07, 6.45) is 0. The predicted octanol–water partition coefficient (Wildman–Crippen LogP) is 3.34. The third-order valence-corrected chi connectivity index (χ3v) is 1.87. The van der Waals surface area contributed by atoms with Crippen LogP contribution in [0.4, 0.5) is 4.39 Å². The summed E-state index contributed by atoms with van der Waals surface area (Å²) in [5.74, 6) is -1.11. The van der Waals surface area contributed by atoms with Crippen LogP contribution in [0, 0.1) is 5.82 Å². The molecule has 0 spiro atoms. The zero-order valence-electron chi connectivity index (χ0n) is 6.20. The number of Topliss-reactive ketones (excluding diaryl/α,β-unsaturated/α-hetero) is 1. The Morgan fingerprint density at radius 3 is 2.50 bits per heavy atom. The first-order chi connectivity index (χ1) is 5.52. The molecule has 0 aliphatic rings. The first-order valence-electron chi connectivity index (χ1n) is 3.18. The zero-order valence-corrected chi connectivity index (χ0v) is 7.71. The highest BCUT2D eigenvalue weighted by Crippen LogP contribution is 2.23. The van der Waals surface area contributed by atoms with Gasteiger partial charge in [0.25, 0.3) is 0 Å². The van der Waals surface area contributed by atoms with Gasteiger partial charge in [0.1, 0.15) is 0 Å². The molecule has 0 unspecified atom stereocenters. The van der Waals surface area contributed by atoms with E-state index < -0.39 is 11.6 Å². The molecule has 0 saturated carbocycles. The van der Waals surface area contributed by atoms with Gasteiger partial charge in [0, 0.05) is 5.02 Å². The fourth-order valence-electron chi connectivity index (χ4n) is 0.812. The van der Waals surface area contributed by atoms with Gasteiger partial charge in [0.15, 0.2) is 11.6 Å². The van der Waals surface area contributed by atoms with Gasteiger partial charge < -0.3 is 0 Å². The summed E-state index contributed by atoms with van der Waals surface area (Å²) in [5, 5.41) is 0.124. The summed E-state index contributed by atoms with van der Waals surface area (Å²) in [5.41, 5.74) is -0.0764. The van der Waals surface area contributed by atoms with Crippen LogP contribution in [0.5, 0.6) is 0 Å². The van der Waals surface area contributed by atoms with E-state index in [0.717, 1.165) is 0 Å². The maximum atomic E-state index is 13.0. The topological polar surface area (TPSA) is 17.1 Å². The lowest BCUT2D eigenvalue weighted by Gasteiger charge is -2.00. The molecule has 1 nitrogen and oxygen atoms in total. The van der Waals surface area contributed by atoms with Gasteiger partial charge in [-0.05, 0) is 19.1 Å². The molecule has 0 aromatic heterocycles. The number of hydrogen-bond acceptors (Lipinski definition) is 1. The number of carbonyl (C=O) groups is 1. The molecule has 12 heavy (non-hydrogen) atoms. The molecule has 0 aliphatic heterocycles. The smallest absolute Gasteiger partial charge is 0.162 e. The van der Waals surface area contributed by atoms with Gasteiger partial charge in [-0.3, -0.25) is 4.79 Å². The standard InChI is InChI=1S/C8H5Cl2FO/c1-4(12)6-2-5(9)3-7(10)8(6)11/h2-3H,1H3. The Morgan fingerprint density at radius 2 is 2.00 bits per heavy atom. The van der Waals surface area contributed by atoms with Crippen LogP contribution in [-0.2, 0) is 0 Å². The quantitative estimate of drug-likeness (QED) is 0.509. The van der Waals surface area contributed by atoms with E-state index in [1.165, 1.54) is 19.1 Å². The molecule has 0 N–H and O–H groups in total. The molecule has 0 bridgehead atoms. The van der Waals surface area contributed by atoms with Gasteiger partial charge >= 0.3 is 0 Å². The first kappa shape index (κ1) is 9.49. The molecule has 1 aromatic carbocycles. The highest BCUT2D eigenvalue weighted by atomic mass is 35.5. The van der Waals surface area contributed by atoms with Crippen LogP contribution in [0.25, 0.3) is 0 Å². The summed E-state index contributed by atoms with van der Waals surface area (Å²) in [6.45, 7) is 1.26. The molecule has 4 heteroatoms. The highest BCUT2D eigenvalue weighted by Gasteiger charge is 2.11. The number of rotatable bonds is 1. The number of halogens is 3. The molecule has 0 radical (unpaired) electrons. The van der Waals surface area contributed by atoms with Crippen LogP contribution in [-0.4, -0.2) is 5.78 Å². The normalized spacial score (nSPS) is 10.0. The Kier molecular flexibility index (Phi) is 2.70. The highest BCUT2D eigenvalue weighted by molar-refractivity contribution is 6.35. The van der Waals surface area contributed by atoms with Crippen molar-refractivity contribution in [3.63, 3.8) is 0 Å². The Bertz CT molecular complexity index is 336. The van der Waals surface area contributed by atoms with Crippen molar-refractivity contribution in [2.45, 2.75) is 6.92 Å². The summed E-state index contributed by atoms with van der Waals surface area (Å²) in [7, 11) is 0. The van der Waals surface area contributed by atoms with Crippen LogP contribution in [0.3, 0.4) is 0 Å². The lowest BCUT2D eigenvalue weighted by Crippen LogP contribution is -1.97. The van der Waals surface area contributed by atoms with Gasteiger partial charge in [0.05, 0.1) is 10.6 Å². The van der Waals surface area contributed by atoms with E-state index >= 15 is 0 Å². The van der Waals surface area contributed by atoms with Crippen molar-refractivity contribution in [1.82, 2.24) is 0 Å². The van der Waals surface area contributed by atoms with E-state index in [-0.39, 0.29) is 15.6 Å². The number of ketones is 1. The number of hydrogen-bond donors (Lipinski definition) is 0. The minimum absolute atomic E-state index is 0.0764. The SMILES string of the molecule is CC(=O)c1cc(Cl)cc(Cl)c1F. The van der Waals surface area contributed by atoms with Crippen LogP contribution in [0.1, 0.15) is 17.3 Å². The summed E-state index contributed by atoms with van der Waals surface area (Å²) >= 11 is 11.0. The maximum Gasteiger partial charge on any atom is 0.162 e. The van der Waals surface area contributed by atoms with E-state index in [1.807, 2.05) is 0 Å². The van der Waals surface area contributed by atoms with Crippen molar-refractivity contribution in [3.05, 3.63) is 33.6 Å². The second-order valence-corrected chi connectivity index (χ2v) is 3.15. The molecule has 1 aromatic rings. The van der Waals surface area contributed by atoms with Crippen molar-refractivity contribution in [2.24, 2.45) is 0 Å². The van der Waals surface area contributed by atoms with Gasteiger partial charge in [-0.15, -0.1) is 0 Å². The van der Waals surface area contributed by atoms with Crippen molar-refractivity contribution in [3.8, 4) is 0 Å². The summed E-state index contributed by atoms with van der Waals surface area (Å²) < 4.78 is 13.0. The lowest BCUT2D eigenvalue weighted by atomic mass is 10.1. The molecule has 0 aliphatic carbocycles. The molecule has 0 amide bonds. The van der Waals surface area contributed by atoms with E-state index in [4.69, 9.17) is 23.2 Å². The number of benzene rings is 1. The maximum absolute atomic E-state index is 13.0. The van der Waals surface area contributed by atoms with Crippen LogP contribution < -0.4 is 0 Å². The van der Waals surface area contributed by atoms with Crippen molar-refractivity contribution in [2.75, 3.05) is 0 Å². The molecular formula is C8H5Cl2FO. The summed E-state index contributed by atoms with van der Waals surface area (Å²) in [4.78, 5) is 10.8. The average Bonchev–Trinajstić information content (AvgIpc) is 1.96. The predicted molar refractivity (Wildman–Crippen MR) is 46.4 cm³/mol. The Labute approximate surface area is 79.1 Å². The second-order valence-electron chi connectivity index (χ2n) is 2.31. The molecule has 0 atom stereocenters. The van der Waals surface area contributed by atoms with Crippen molar-refractivity contribution >= 4 is 29.0 Å². The van der Waals surface area contributed by atoms with Crippen molar-refractivity contribution < 1.29 is 9.18 Å². The Hall–Kier alpha value is -0.600. The minimum Gasteiger partial charge on any atom is -0.294 e. The monoisotopic (exact) mass is 206 g/mol. The molecule has 1 rings (SSSR count). The molecule has 0 fully saturated rings. The molecule has 0 saturated heterocycles. The fourth-order valence-corrected chi connectivity index (χ4v) is 1.31. The van der Waals surface area contributed by atoms with E-state index in [1.54, 1.807) is 0 Å². The Balaban J connectivity index is 3.37. The van der Waals surface area contributed by atoms with E-state index in [2.05, 4.69) is 0 Å². The minimum atomic E-state index is -0.714. The van der Waals surface area contributed by atoms with Gasteiger partial charge in [-0.2, -0.15) is 0 Å². The van der Waals surface area contributed by atoms with Crippen LogP contribution >= 0.6 is 23.2 Å². The molecule has 64 valence electrons. The average molecular weight is 207 g/mol. The van der Waals surface area contributed by atoms with Gasteiger partial charge in [-0.25, -0.2) is 4.39 Å². The van der Waals surface area contributed by atoms with Gasteiger partial charge in [-0.1, -0.05) is 23.2 Å². The first-order valence-corrected chi connectivity index (χ1v) is 3.93. The third-order valence-electron chi connectivity index (χ3n) is 1.37. The van der Waals surface area contributed by atoms with Crippen LogP contribution in [0.15, 0.2) is 12.1 Å². The fraction of sp³-hybridized carbons (Fsp3) is 0.125. The van der Waals surface area contributed by atoms with Crippen LogP contribution in [0.2, 0.25) is 10.0 Å². The Morgan fingerprint density at radius 1 is 1.42 bits per heavy atom. The van der Waals surface area contributed by atoms with Gasteiger partial charge in [0.2, 0.25) is 0 Å². The zero-order chi connectivity index (χ0) is 9.30. The number of carbonyl (C=O) groups excluding carboxylic acids is 1. The molecule has 0 heterocycles. The van der Waals surface area contributed by atoms with E-state index in [9.17, 15) is 9.18 Å². The molecular weight excluding hydrogens is 202 g/mol. The van der Waals surface area contributed by atoms with Crippen molar-refractivity contribution in [1.29, 1.82) is 0 Å². The lowest BCUT2D eigenvalue weighted by molar-refractivity contribution is 0.101. The second kappa shape index (κ2) is 3.42. The summed E-state index contributed by atoms with van der Waals surface area (Å²) in [6, 6.07) is 2.51. The largest absolute Gasteiger partial charge is 0.294 e.